The maximum Gasteiger partial charge on any atom is 0.269 e. The molecular weight excluding hydrogens is 382 g/mol. The van der Waals surface area contributed by atoms with Gasteiger partial charge < -0.3 is 13.9 Å². The van der Waals surface area contributed by atoms with E-state index in [1.807, 2.05) is 17.5 Å². The van der Waals surface area contributed by atoms with E-state index in [4.69, 9.17) is 13.9 Å². The van der Waals surface area contributed by atoms with Crippen LogP contribution in [-0.4, -0.2) is 31.0 Å². The lowest BCUT2D eigenvalue weighted by atomic mass is 10.2. The Labute approximate surface area is 165 Å². The molecular formula is C19H19N3O5S. The molecule has 2 heterocycles. The SMILES string of the molecule is COc1ccc(C(=O)NNC(=O)Cc2nc(-c3cccs3)oc2C)cc1OC. The number of benzene rings is 1. The van der Waals surface area contributed by atoms with Gasteiger partial charge >= 0.3 is 0 Å². The van der Waals surface area contributed by atoms with Crippen LogP contribution in [0.1, 0.15) is 21.8 Å². The number of hydrogen-bond acceptors (Lipinski definition) is 7. The van der Waals surface area contributed by atoms with Crippen molar-refractivity contribution in [3.63, 3.8) is 0 Å². The van der Waals surface area contributed by atoms with Crippen molar-refractivity contribution in [2.45, 2.75) is 13.3 Å². The molecule has 0 aliphatic rings. The van der Waals surface area contributed by atoms with Crippen molar-refractivity contribution in [1.82, 2.24) is 15.8 Å². The smallest absolute Gasteiger partial charge is 0.269 e. The van der Waals surface area contributed by atoms with E-state index < -0.39 is 11.8 Å². The van der Waals surface area contributed by atoms with E-state index in [1.165, 1.54) is 31.6 Å². The highest BCUT2D eigenvalue weighted by Gasteiger charge is 2.16. The average Bonchev–Trinajstić information content (AvgIpc) is 3.36. The first kappa shape index (κ1) is 19.4. The first-order valence-corrected chi connectivity index (χ1v) is 9.21. The number of aromatic nitrogens is 1. The van der Waals surface area contributed by atoms with Crippen molar-refractivity contribution in [3.8, 4) is 22.3 Å². The monoisotopic (exact) mass is 401 g/mol. The highest BCUT2D eigenvalue weighted by molar-refractivity contribution is 7.13. The van der Waals surface area contributed by atoms with Gasteiger partial charge in [0.2, 0.25) is 11.8 Å². The Kier molecular flexibility index (Phi) is 5.95. The summed E-state index contributed by atoms with van der Waals surface area (Å²) in [7, 11) is 2.99. The average molecular weight is 401 g/mol. The van der Waals surface area contributed by atoms with Crippen LogP contribution in [0.3, 0.4) is 0 Å². The van der Waals surface area contributed by atoms with Crippen molar-refractivity contribution in [3.05, 3.63) is 52.7 Å². The third-order valence-corrected chi connectivity index (χ3v) is 4.77. The minimum Gasteiger partial charge on any atom is -0.493 e. The molecule has 3 rings (SSSR count). The van der Waals surface area contributed by atoms with Crippen LogP contribution in [0.2, 0.25) is 0 Å². The van der Waals surface area contributed by atoms with Crippen molar-refractivity contribution < 1.29 is 23.5 Å². The van der Waals surface area contributed by atoms with E-state index in [2.05, 4.69) is 15.8 Å². The summed E-state index contributed by atoms with van der Waals surface area (Å²) in [5.74, 6) is 1.06. The largest absolute Gasteiger partial charge is 0.493 e. The number of oxazole rings is 1. The summed E-state index contributed by atoms with van der Waals surface area (Å²) < 4.78 is 15.9. The maximum atomic E-state index is 12.2. The van der Waals surface area contributed by atoms with Crippen molar-refractivity contribution in [1.29, 1.82) is 0 Å². The van der Waals surface area contributed by atoms with Gasteiger partial charge in [-0.3, -0.25) is 20.4 Å². The predicted octanol–water partition coefficient (Wildman–Crippen LogP) is 2.73. The van der Waals surface area contributed by atoms with E-state index in [0.29, 0.717) is 34.4 Å². The van der Waals surface area contributed by atoms with E-state index >= 15 is 0 Å². The van der Waals surface area contributed by atoms with Crippen LogP contribution in [0.5, 0.6) is 11.5 Å². The molecule has 0 saturated heterocycles. The second-order valence-corrected chi connectivity index (χ2v) is 6.70. The number of nitrogens with one attached hydrogen (secondary N) is 2. The second-order valence-electron chi connectivity index (χ2n) is 5.75. The Balaban J connectivity index is 1.59. The molecule has 0 aliphatic carbocycles. The zero-order valence-electron chi connectivity index (χ0n) is 15.6. The minimum atomic E-state index is -0.481. The lowest BCUT2D eigenvalue weighted by molar-refractivity contribution is -0.121. The number of thiophene rings is 1. The third kappa shape index (κ3) is 4.32. The normalized spacial score (nSPS) is 10.4. The van der Waals surface area contributed by atoms with Crippen LogP contribution < -0.4 is 20.3 Å². The maximum absolute atomic E-state index is 12.2. The zero-order chi connectivity index (χ0) is 20.1. The van der Waals surface area contributed by atoms with E-state index in [9.17, 15) is 9.59 Å². The van der Waals surface area contributed by atoms with Gasteiger partial charge in [0.15, 0.2) is 11.5 Å². The number of carbonyl (C=O) groups is 2. The van der Waals surface area contributed by atoms with Crippen molar-refractivity contribution in [2.75, 3.05) is 14.2 Å². The van der Waals surface area contributed by atoms with Crippen LogP contribution in [-0.2, 0) is 11.2 Å². The molecule has 2 N–H and O–H groups in total. The summed E-state index contributed by atoms with van der Waals surface area (Å²) in [6.07, 6.45) is -0.0209. The zero-order valence-corrected chi connectivity index (χ0v) is 16.4. The Morgan fingerprint density at radius 2 is 1.93 bits per heavy atom. The molecule has 0 radical (unpaired) electrons. The summed E-state index contributed by atoms with van der Waals surface area (Å²) in [5, 5.41) is 1.92. The third-order valence-electron chi connectivity index (χ3n) is 3.91. The fourth-order valence-corrected chi connectivity index (χ4v) is 3.12. The van der Waals surface area contributed by atoms with Gasteiger partial charge in [-0.2, -0.15) is 0 Å². The van der Waals surface area contributed by atoms with Crippen LogP contribution in [0.15, 0.2) is 40.1 Å². The number of amides is 2. The highest BCUT2D eigenvalue weighted by Crippen LogP contribution is 2.27. The molecule has 2 amide bonds. The molecule has 3 aromatic rings. The number of methoxy groups -OCH3 is 2. The number of ether oxygens (including phenoxy) is 2. The topological polar surface area (TPSA) is 103 Å². The molecule has 9 heteroatoms. The molecule has 0 spiro atoms. The Morgan fingerprint density at radius 1 is 1.14 bits per heavy atom. The Hall–Kier alpha value is -3.33. The Bertz CT molecular complexity index is 982. The van der Waals surface area contributed by atoms with Crippen LogP contribution in [0.4, 0.5) is 0 Å². The molecule has 28 heavy (non-hydrogen) atoms. The highest BCUT2D eigenvalue weighted by atomic mass is 32.1. The number of nitrogens with zero attached hydrogens (tertiary/aromatic N) is 1. The van der Waals surface area contributed by atoms with Gasteiger partial charge in [0.25, 0.3) is 5.91 Å². The number of rotatable bonds is 6. The van der Waals surface area contributed by atoms with Gasteiger partial charge in [0, 0.05) is 5.56 Å². The van der Waals surface area contributed by atoms with E-state index in [0.717, 1.165) is 4.88 Å². The first-order chi connectivity index (χ1) is 13.5. The predicted molar refractivity (Wildman–Crippen MR) is 103 cm³/mol. The van der Waals surface area contributed by atoms with Crippen molar-refractivity contribution >= 4 is 23.2 Å². The quantitative estimate of drug-likeness (QED) is 0.616. The molecule has 2 aromatic heterocycles. The number of hydrogen-bond donors (Lipinski definition) is 2. The van der Waals surface area contributed by atoms with Gasteiger partial charge in [-0.15, -0.1) is 11.3 Å². The molecule has 8 nitrogen and oxygen atoms in total. The molecule has 0 saturated carbocycles. The molecule has 0 aliphatic heterocycles. The first-order valence-electron chi connectivity index (χ1n) is 8.33. The standard InChI is InChI=1S/C19H19N3O5S/c1-11-13(20-19(27-11)16-5-4-8-28-16)10-17(23)21-22-18(24)12-6-7-14(25-2)15(9-12)26-3/h4-9H,10H2,1-3H3,(H,21,23)(H,22,24). The molecule has 0 bridgehead atoms. The molecule has 0 atom stereocenters. The minimum absolute atomic E-state index is 0.0209. The molecule has 1 aromatic carbocycles. The fraction of sp³-hybridized carbons (Fsp3) is 0.211. The molecule has 0 fully saturated rings. The van der Waals surface area contributed by atoms with Gasteiger partial charge in [-0.1, -0.05) is 6.07 Å². The lowest BCUT2D eigenvalue weighted by Crippen LogP contribution is -2.42. The lowest BCUT2D eigenvalue weighted by Gasteiger charge is -2.10. The van der Waals surface area contributed by atoms with Gasteiger partial charge in [-0.25, -0.2) is 4.98 Å². The number of aryl methyl sites for hydroxylation is 1. The summed E-state index contributed by atoms with van der Waals surface area (Å²) in [6.45, 7) is 1.74. The number of hydrazine groups is 1. The van der Waals surface area contributed by atoms with E-state index in [1.54, 1.807) is 19.1 Å². The summed E-state index contributed by atoms with van der Waals surface area (Å²) in [4.78, 5) is 29.7. The summed E-state index contributed by atoms with van der Waals surface area (Å²) >= 11 is 1.50. The fourth-order valence-electron chi connectivity index (χ4n) is 2.47. The van der Waals surface area contributed by atoms with Gasteiger partial charge in [-0.05, 0) is 36.6 Å². The second kappa shape index (κ2) is 8.57. The summed E-state index contributed by atoms with van der Waals surface area (Å²) in [5.41, 5.74) is 5.58. The van der Waals surface area contributed by atoms with Crippen LogP contribution >= 0.6 is 11.3 Å². The Morgan fingerprint density at radius 3 is 2.61 bits per heavy atom. The molecule has 0 unspecified atom stereocenters. The van der Waals surface area contributed by atoms with Gasteiger partial charge in [0.1, 0.15) is 5.76 Å². The number of carbonyl (C=O) groups excluding carboxylic acids is 2. The van der Waals surface area contributed by atoms with Gasteiger partial charge in [0.05, 0.1) is 31.2 Å². The molecule has 146 valence electrons. The van der Waals surface area contributed by atoms with E-state index in [-0.39, 0.29) is 6.42 Å². The van der Waals surface area contributed by atoms with Crippen molar-refractivity contribution in [2.24, 2.45) is 0 Å². The van der Waals surface area contributed by atoms with Crippen LogP contribution in [0.25, 0.3) is 10.8 Å². The summed E-state index contributed by atoms with van der Waals surface area (Å²) in [6, 6.07) is 8.49. The van der Waals surface area contributed by atoms with Crippen LogP contribution in [0, 0.1) is 6.92 Å².